The van der Waals surface area contributed by atoms with E-state index in [1.165, 1.54) is 0 Å². The molecular formula is C19H14N4O. The third kappa shape index (κ3) is 2.75. The van der Waals surface area contributed by atoms with Crippen LogP contribution in [0.4, 0.5) is 5.69 Å². The van der Waals surface area contributed by atoms with Crippen LogP contribution in [-0.2, 0) is 0 Å². The Kier molecular flexibility index (Phi) is 3.51. The van der Waals surface area contributed by atoms with Crippen molar-refractivity contribution in [3.05, 3.63) is 85.1 Å². The molecule has 0 radical (unpaired) electrons. The van der Waals surface area contributed by atoms with Gasteiger partial charge in [0.2, 0.25) is 0 Å². The van der Waals surface area contributed by atoms with Crippen molar-refractivity contribution in [2.45, 2.75) is 0 Å². The van der Waals surface area contributed by atoms with Gasteiger partial charge in [-0.05, 0) is 35.9 Å². The van der Waals surface area contributed by atoms with E-state index >= 15 is 0 Å². The molecule has 0 unspecified atom stereocenters. The minimum atomic E-state index is -0.224. The van der Waals surface area contributed by atoms with E-state index in [1.54, 1.807) is 18.5 Å². The number of benzene rings is 1. The summed E-state index contributed by atoms with van der Waals surface area (Å²) in [7, 11) is 0. The van der Waals surface area contributed by atoms with Gasteiger partial charge in [0.1, 0.15) is 11.3 Å². The van der Waals surface area contributed by atoms with Crippen molar-refractivity contribution in [3.63, 3.8) is 0 Å². The largest absolute Gasteiger partial charge is 0.321 e. The van der Waals surface area contributed by atoms with Crippen LogP contribution in [0.1, 0.15) is 10.5 Å². The maximum Gasteiger partial charge on any atom is 0.274 e. The zero-order valence-corrected chi connectivity index (χ0v) is 12.8. The molecule has 1 aromatic carbocycles. The SMILES string of the molecule is O=C(Nc1ccccc1)c1ccc(-c2ccc3nccn3c2)cn1. The highest BCUT2D eigenvalue weighted by atomic mass is 16.1. The number of amides is 1. The molecule has 24 heavy (non-hydrogen) atoms. The second-order valence-electron chi connectivity index (χ2n) is 5.36. The Labute approximate surface area is 138 Å². The smallest absolute Gasteiger partial charge is 0.274 e. The summed E-state index contributed by atoms with van der Waals surface area (Å²) >= 11 is 0. The van der Waals surface area contributed by atoms with Crippen molar-refractivity contribution >= 4 is 17.2 Å². The monoisotopic (exact) mass is 314 g/mol. The van der Waals surface area contributed by atoms with Crippen LogP contribution in [0.15, 0.2) is 79.4 Å². The third-order valence-corrected chi connectivity index (χ3v) is 3.75. The first kappa shape index (κ1) is 14.1. The van der Waals surface area contributed by atoms with Gasteiger partial charge in [-0.15, -0.1) is 0 Å². The second-order valence-corrected chi connectivity index (χ2v) is 5.36. The number of fused-ring (bicyclic) bond motifs is 1. The number of para-hydroxylation sites is 1. The van der Waals surface area contributed by atoms with Gasteiger partial charge in [0.25, 0.3) is 5.91 Å². The molecule has 0 aliphatic rings. The van der Waals surface area contributed by atoms with Crippen molar-refractivity contribution in [2.24, 2.45) is 0 Å². The molecule has 1 N–H and O–H groups in total. The summed E-state index contributed by atoms with van der Waals surface area (Å²) in [4.78, 5) is 20.7. The number of imidazole rings is 1. The minimum absolute atomic E-state index is 0.224. The molecule has 5 heteroatoms. The number of pyridine rings is 2. The van der Waals surface area contributed by atoms with Crippen LogP contribution >= 0.6 is 0 Å². The minimum Gasteiger partial charge on any atom is -0.321 e. The van der Waals surface area contributed by atoms with E-state index in [0.717, 1.165) is 22.5 Å². The molecule has 0 aliphatic carbocycles. The van der Waals surface area contributed by atoms with Crippen LogP contribution in [0, 0.1) is 0 Å². The number of hydrogen-bond donors (Lipinski definition) is 1. The molecule has 4 aromatic rings. The summed E-state index contributed by atoms with van der Waals surface area (Å²) in [6.07, 6.45) is 7.35. The summed E-state index contributed by atoms with van der Waals surface area (Å²) in [5, 5.41) is 2.82. The molecule has 1 amide bonds. The van der Waals surface area contributed by atoms with Crippen molar-refractivity contribution in [2.75, 3.05) is 5.32 Å². The van der Waals surface area contributed by atoms with Gasteiger partial charge < -0.3 is 9.72 Å². The number of rotatable bonds is 3. The molecule has 0 saturated carbocycles. The lowest BCUT2D eigenvalue weighted by atomic mass is 10.1. The lowest BCUT2D eigenvalue weighted by molar-refractivity contribution is 0.102. The molecular weight excluding hydrogens is 300 g/mol. The van der Waals surface area contributed by atoms with E-state index in [0.29, 0.717) is 5.69 Å². The average molecular weight is 314 g/mol. The Morgan fingerprint density at radius 2 is 1.75 bits per heavy atom. The molecule has 3 aromatic heterocycles. The zero-order valence-electron chi connectivity index (χ0n) is 12.8. The van der Waals surface area contributed by atoms with Gasteiger partial charge in [-0.3, -0.25) is 9.78 Å². The molecule has 0 spiro atoms. The average Bonchev–Trinajstić information content (AvgIpc) is 3.10. The van der Waals surface area contributed by atoms with Crippen LogP contribution in [0.5, 0.6) is 0 Å². The van der Waals surface area contributed by atoms with E-state index in [1.807, 2.05) is 65.3 Å². The van der Waals surface area contributed by atoms with E-state index in [4.69, 9.17) is 0 Å². The van der Waals surface area contributed by atoms with Gasteiger partial charge in [-0.1, -0.05) is 24.3 Å². The summed E-state index contributed by atoms with van der Waals surface area (Å²) < 4.78 is 1.95. The fourth-order valence-corrected chi connectivity index (χ4v) is 2.51. The topological polar surface area (TPSA) is 59.3 Å². The van der Waals surface area contributed by atoms with E-state index < -0.39 is 0 Å². The number of aromatic nitrogens is 3. The van der Waals surface area contributed by atoms with E-state index in [9.17, 15) is 4.79 Å². The fourth-order valence-electron chi connectivity index (χ4n) is 2.51. The van der Waals surface area contributed by atoms with Crippen molar-refractivity contribution in [1.82, 2.24) is 14.4 Å². The van der Waals surface area contributed by atoms with Crippen LogP contribution in [-0.4, -0.2) is 20.3 Å². The Balaban J connectivity index is 1.56. The summed E-state index contributed by atoms with van der Waals surface area (Å²) in [5.41, 5.74) is 3.99. The number of carbonyl (C=O) groups excluding carboxylic acids is 1. The van der Waals surface area contributed by atoms with Crippen LogP contribution < -0.4 is 5.32 Å². The normalized spacial score (nSPS) is 10.7. The number of nitrogens with zero attached hydrogens (tertiary/aromatic N) is 3. The van der Waals surface area contributed by atoms with Gasteiger partial charge in [0.05, 0.1) is 0 Å². The van der Waals surface area contributed by atoms with Gasteiger partial charge in [-0.25, -0.2) is 4.98 Å². The quantitative estimate of drug-likeness (QED) is 0.628. The Bertz CT molecular complexity index is 991. The Morgan fingerprint density at radius 1 is 0.917 bits per heavy atom. The Hall–Kier alpha value is -3.47. The summed E-state index contributed by atoms with van der Waals surface area (Å²) in [6.45, 7) is 0. The summed E-state index contributed by atoms with van der Waals surface area (Å²) in [6, 6.07) is 16.9. The van der Waals surface area contributed by atoms with Crippen LogP contribution in [0.3, 0.4) is 0 Å². The van der Waals surface area contributed by atoms with Gasteiger partial charge in [0.15, 0.2) is 0 Å². The number of nitrogens with one attached hydrogen (secondary N) is 1. The molecule has 3 heterocycles. The second kappa shape index (κ2) is 5.96. The predicted octanol–water partition coefficient (Wildman–Crippen LogP) is 3.65. The highest BCUT2D eigenvalue weighted by Gasteiger charge is 2.08. The third-order valence-electron chi connectivity index (χ3n) is 3.75. The first-order valence-electron chi connectivity index (χ1n) is 7.55. The number of carbonyl (C=O) groups is 1. The van der Waals surface area contributed by atoms with E-state index in [-0.39, 0.29) is 5.91 Å². The highest BCUT2D eigenvalue weighted by Crippen LogP contribution is 2.19. The van der Waals surface area contributed by atoms with Crippen LogP contribution in [0.2, 0.25) is 0 Å². The first-order valence-corrected chi connectivity index (χ1v) is 7.55. The lowest BCUT2D eigenvalue weighted by Gasteiger charge is -2.06. The molecule has 0 atom stereocenters. The van der Waals surface area contributed by atoms with Crippen molar-refractivity contribution in [3.8, 4) is 11.1 Å². The fraction of sp³-hybridized carbons (Fsp3) is 0. The molecule has 0 fully saturated rings. The first-order chi connectivity index (χ1) is 11.8. The van der Waals surface area contributed by atoms with Gasteiger partial charge in [0, 0.05) is 36.0 Å². The maximum atomic E-state index is 12.2. The Morgan fingerprint density at radius 3 is 2.54 bits per heavy atom. The van der Waals surface area contributed by atoms with Crippen LogP contribution in [0.25, 0.3) is 16.8 Å². The lowest BCUT2D eigenvalue weighted by Crippen LogP contribution is -2.13. The zero-order chi connectivity index (χ0) is 16.4. The molecule has 4 rings (SSSR count). The molecule has 0 saturated heterocycles. The summed E-state index contributed by atoms with van der Waals surface area (Å²) in [5.74, 6) is -0.224. The van der Waals surface area contributed by atoms with Gasteiger partial charge in [-0.2, -0.15) is 0 Å². The number of hydrogen-bond acceptors (Lipinski definition) is 3. The molecule has 0 aliphatic heterocycles. The maximum absolute atomic E-state index is 12.2. The highest BCUT2D eigenvalue weighted by molar-refractivity contribution is 6.02. The standard InChI is InChI=1S/C19H14N4O/c24-19(22-16-4-2-1-3-5-16)17-8-6-14(12-21-17)15-7-9-18-20-10-11-23(18)13-15/h1-13H,(H,22,24). The van der Waals surface area contributed by atoms with Gasteiger partial charge >= 0.3 is 0 Å². The predicted molar refractivity (Wildman–Crippen MR) is 92.8 cm³/mol. The van der Waals surface area contributed by atoms with E-state index in [2.05, 4.69) is 15.3 Å². The number of anilines is 1. The molecule has 0 bridgehead atoms. The van der Waals surface area contributed by atoms with Crippen molar-refractivity contribution in [1.29, 1.82) is 0 Å². The molecule has 116 valence electrons. The van der Waals surface area contributed by atoms with Crippen molar-refractivity contribution < 1.29 is 4.79 Å². The molecule has 5 nitrogen and oxygen atoms in total.